The van der Waals surface area contributed by atoms with Gasteiger partial charge in [0, 0.05) is 22.8 Å². The van der Waals surface area contributed by atoms with Crippen LogP contribution < -0.4 is 11.1 Å². The molecule has 3 N–H and O–H groups in total. The third-order valence-corrected chi connectivity index (χ3v) is 5.79. The Balaban J connectivity index is 1.77. The summed E-state index contributed by atoms with van der Waals surface area (Å²) < 4.78 is 3.50. The van der Waals surface area contributed by atoms with Crippen molar-refractivity contribution >= 4 is 28.7 Å². The maximum atomic E-state index is 12.1. The zero-order valence-electron chi connectivity index (χ0n) is 17.9. The summed E-state index contributed by atoms with van der Waals surface area (Å²) in [5.74, 6) is -0.523. The zero-order chi connectivity index (χ0) is 22.3. The van der Waals surface area contributed by atoms with Crippen molar-refractivity contribution in [1.29, 1.82) is 0 Å². The van der Waals surface area contributed by atoms with E-state index in [9.17, 15) is 4.79 Å². The monoisotopic (exact) mass is 436 g/mol. The van der Waals surface area contributed by atoms with Crippen LogP contribution in [0.25, 0.3) is 22.5 Å². The van der Waals surface area contributed by atoms with Crippen LogP contribution in [0.5, 0.6) is 0 Å². The number of fused-ring (bicyclic) bond motifs is 1. The van der Waals surface area contributed by atoms with Gasteiger partial charge < -0.3 is 11.1 Å². The lowest BCUT2D eigenvalue weighted by Crippen LogP contribution is -2.32. The number of nitrogens with zero attached hydrogens (tertiary/aromatic N) is 4. The van der Waals surface area contributed by atoms with Crippen molar-refractivity contribution in [2.75, 3.05) is 5.32 Å². The summed E-state index contributed by atoms with van der Waals surface area (Å²) in [6, 6.07) is 11.5. The second-order valence-electron chi connectivity index (χ2n) is 8.71. The normalized spacial score (nSPS) is 12.8. The molecule has 0 saturated heterocycles. The lowest BCUT2D eigenvalue weighted by atomic mass is 9.88. The number of aromatic nitrogens is 4. The number of benzene rings is 1. The number of carbonyl (C=O) groups is 1. The summed E-state index contributed by atoms with van der Waals surface area (Å²) in [7, 11) is 0. The maximum Gasteiger partial charge on any atom is 0.252 e. The minimum Gasteiger partial charge on any atom is -0.380 e. The Labute approximate surface area is 185 Å². The molecule has 3 heterocycles. The van der Waals surface area contributed by atoms with E-state index < -0.39 is 5.91 Å². The number of nitrogens with one attached hydrogen (secondary N) is 1. The number of anilines is 1. The quantitative estimate of drug-likeness (QED) is 0.470. The van der Waals surface area contributed by atoms with E-state index in [-0.39, 0.29) is 11.5 Å². The van der Waals surface area contributed by atoms with E-state index in [0.717, 1.165) is 22.5 Å². The van der Waals surface area contributed by atoms with Gasteiger partial charge in [-0.25, -0.2) is 9.20 Å². The number of hydrogen-bond donors (Lipinski definition) is 2. The molecule has 7 nitrogen and oxygen atoms in total. The van der Waals surface area contributed by atoms with Crippen LogP contribution in [0.2, 0.25) is 5.02 Å². The summed E-state index contributed by atoms with van der Waals surface area (Å²) in [5, 5.41) is 13.2. The smallest absolute Gasteiger partial charge is 0.252 e. The molecule has 0 saturated carbocycles. The van der Waals surface area contributed by atoms with Crippen LogP contribution in [0.1, 0.15) is 38.1 Å². The SMILES string of the molecule is C[C@@H](Nc1c(C(N)=O)cnn2cc(-n3ccc(-c4ccc(Cl)cc4)n3)cc12)C(C)(C)C. The summed E-state index contributed by atoms with van der Waals surface area (Å²) in [6.07, 6.45) is 5.25. The van der Waals surface area contributed by atoms with Crippen LogP contribution in [0.4, 0.5) is 5.69 Å². The minimum absolute atomic E-state index is 0.0138. The molecule has 4 aromatic rings. The number of amides is 1. The molecule has 1 aromatic carbocycles. The highest BCUT2D eigenvalue weighted by molar-refractivity contribution is 6.30. The second kappa shape index (κ2) is 7.74. The first kappa shape index (κ1) is 20.9. The fourth-order valence-corrected chi connectivity index (χ4v) is 3.31. The number of hydrogen-bond acceptors (Lipinski definition) is 4. The summed E-state index contributed by atoms with van der Waals surface area (Å²) in [5.41, 5.74) is 10.0. The Bertz CT molecular complexity index is 1250. The van der Waals surface area contributed by atoms with Gasteiger partial charge in [0.2, 0.25) is 0 Å². The summed E-state index contributed by atoms with van der Waals surface area (Å²) in [4.78, 5) is 12.1. The van der Waals surface area contributed by atoms with Gasteiger partial charge in [-0.15, -0.1) is 0 Å². The predicted octanol–water partition coefficient (Wildman–Crippen LogP) is 4.79. The highest BCUT2D eigenvalue weighted by Crippen LogP contribution is 2.30. The van der Waals surface area contributed by atoms with Crippen LogP contribution in [0.3, 0.4) is 0 Å². The third kappa shape index (κ3) is 4.14. The summed E-state index contributed by atoms with van der Waals surface area (Å²) >= 11 is 5.99. The van der Waals surface area contributed by atoms with Crippen molar-refractivity contribution in [3.63, 3.8) is 0 Å². The molecule has 0 aliphatic heterocycles. The molecule has 8 heteroatoms. The largest absolute Gasteiger partial charge is 0.380 e. The molecule has 4 rings (SSSR count). The average molecular weight is 437 g/mol. The molecule has 160 valence electrons. The van der Waals surface area contributed by atoms with Gasteiger partial charge >= 0.3 is 0 Å². The molecule has 0 spiro atoms. The molecule has 31 heavy (non-hydrogen) atoms. The van der Waals surface area contributed by atoms with Gasteiger partial charge in [0.25, 0.3) is 5.91 Å². The fraction of sp³-hybridized carbons (Fsp3) is 0.261. The molecule has 0 unspecified atom stereocenters. The van der Waals surface area contributed by atoms with Gasteiger partial charge in [0.15, 0.2) is 0 Å². The van der Waals surface area contributed by atoms with Gasteiger partial charge in [0.1, 0.15) is 0 Å². The van der Waals surface area contributed by atoms with E-state index in [1.807, 2.05) is 48.8 Å². The Morgan fingerprint density at radius 1 is 1.19 bits per heavy atom. The van der Waals surface area contributed by atoms with E-state index in [1.165, 1.54) is 6.20 Å². The number of primary amides is 1. The molecule has 3 aromatic heterocycles. The topological polar surface area (TPSA) is 90.2 Å². The van der Waals surface area contributed by atoms with Gasteiger partial charge in [0.05, 0.1) is 40.5 Å². The lowest BCUT2D eigenvalue weighted by Gasteiger charge is -2.29. The molecule has 0 radical (unpaired) electrons. The minimum atomic E-state index is -0.523. The number of rotatable bonds is 5. The van der Waals surface area contributed by atoms with Crippen LogP contribution in [-0.4, -0.2) is 31.3 Å². The maximum absolute atomic E-state index is 12.1. The zero-order valence-corrected chi connectivity index (χ0v) is 18.7. The van der Waals surface area contributed by atoms with Crippen molar-refractivity contribution in [2.24, 2.45) is 11.1 Å². The Kier molecular flexibility index (Phi) is 5.23. The predicted molar refractivity (Wildman–Crippen MR) is 124 cm³/mol. The van der Waals surface area contributed by atoms with Gasteiger partial charge in [-0.05, 0) is 36.6 Å². The third-order valence-electron chi connectivity index (χ3n) is 5.54. The van der Waals surface area contributed by atoms with Gasteiger partial charge in [-0.3, -0.25) is 4.79 Å². The van der Waals surface area contributed by atoms with E-state index in [1.54, 1.807) is 9.20 Å². The molecule has 1 atom stereocenters. The summed E-state index contributed by atoms with van der Waals surface area (Å²) in [6.45, 7) is 8.49. The van der Waals surface area contributed by atoms with Crippen molar-refractivity contribution in [3.8, 4) is 16.9 Å². The van der Waals surface area contributed by atoms with Crippen LogP contribution in [0, 0.1) is 5.41 Å². The average Bonchev–Trinajstić information content (AvgIpc) is 3.35. The first-order chi connectivity index (χ1) is 14.6. The Morgan fingerprint density at radius 3 is 2.55 bits per heavy atom. The van der Waals surface area contributed by atoms with Crippen LogP contribution >= 0.6 is 11.6 Å². The van der Waals surface area contributed by atoms with Crippen LogP contribution in [-0.2, 0) is 0 Å². The molecule has 1 amide bonds. The second-order valence-corrected chi connectivity index (χ2v) is 9.15. The van der Waals surface area contributed by atoms with Gasteiger partial charge in [-0.1, -0.05) is 44.5 Å². The molecule has 0 fully saturated rings. The molecule has 0 aliphatic rings. The van der Waals surface area contributed by atoms with E-state index in [0.29, 0.717) is 16.3 Å². The standard InChI is InChI=1S/C23H25ClN6O/c1-14(23(2,3)4)27-21-18(22(25)31)12-26-30-13-17(11-20(21)30)29-10-9-19(28-29)15-5-7-16(24)8-6-15/h5-14,27H,1-4H3,(H2,25,31)/t14-/m1/s1. The number of halogens is 1. The van der Waals surface area contributed by atoms with Gasteiger partial charge in [-0.2, -0.15) is 10.2 Å². The van der Waals surface area contributed by atoms with Crippen molar-refractivity contribution < 1.29 is 4.79 Å². The molecular weight excluding hydrogens is 412 g/mol. The van der Waals surface area contributed by atoms with E-state index in [2.05, 4.69) is 43.2 Å². The Morgan fingerprint density at radius 2 is 1.90 bits per heavy atom. The van der Waals surface area contributed by atoms with E-state index >= 15 is 0 Å². The first-order valence-electron chi connectivity index (χ1n) is 10.0. The molecule has 0 aliphatic carbocycles. The highest BCUT2D eigenvalue weighted by Gasteiger charge is 2.24. The fourth-order valence-electron chi connectivity index (χ4n) is 3.18. The lowest BCUT2D eigenvalue weighted by molar-refractivity contribution is 0.100. The highest BCUT2D eigenvalue weighted by atomic mass is 35.5. The molecule has 0 bridgehead atoms. The van der Waals surface area contributed by atoms with Crippen molar-refractivity contribution in [3.05, 3.63) is 65.6 Å². The first-order valence-corrected chi connectivity index (χ1v) is 10.4. The van der Waals surface area contributed by atoms with Crippen molar-refractivity contribution in [2.45, 2.75) is 33.7 Å². The Hall–Kier alpha value is -3.32. The van der Waals surface area contributed by atoms with E-state index in [4.69, 9.17) is 17.3 Å². The number of carbonyl (C=O) groups excluding carboxylic acids is 1. The number of nitrogens with two attached hydrogens (primary N) is 1. The molecular formula is C23H25ClN6O. The van der Waals surface area contributed by atoms with Crippen LogP contribution in [0.15, 0.2) is 55.0 Å². The van der Waals surface area contributed by atoms with Crippen molar-refractivity contribution in [1.82, 2.24) is 19.4 Å².